The van der Waals surface area contributed by atoms with Crippen molar-refractivity contribution in [3.8, 4) is 0 Å². The van der Waals surface area contributed by atoms with Crippen molar-refractivity contribution in [2.75, 3.05) is 23.9 Å². The molecule has 5 heteroatoms. The minimum absolute atomic E-state index is 0.0969. The number of nitrogen functional groups attached to an aromatic ring is 1. The minimum atomic E-state index is -0.0969. The molecule has 0 unspecified atom stereocenters. The Bertz CT molecular complexity index is 395. The fraction of sp³-hybridized carbons (Fsp3) is 0.692. The quantitative estimate of drug-likeness (QED) is 0.634. The van der Waals surface area contributed by atoms with Crippen LogP contribution in [0.3, 0.4) is 0 Å². The van der Waals surface area contributed by atoms with Crippen LogP contribution < -0.4 is 16.2 Å². The van der Waals surface area contributed by atoms with Gasteiger partial charge in [-0.2, -0.15) is 0 Å². The van der Waals surface area contributed by atoms with E-state index >= 15 is 0 Å². The average molecular weight is 251 g/mol. The molecule has 0 saturated heterocycles. The van der Waals surface area contributed by atoms with Crippen molar-refractivity contribution >= 4 is 11.6 Å². The highest BCUT2D eigenvalue weighted by Gasteiger charge is 2.20. The Hall–Kier alpha value is -1.36. The second kappa shape index (κ2) is 5.52. The van der Waals surface area contributed by atoms with E-state index in [0.29, 0.717) is 11.7 Å². The summed E-state index contributed by atoms with van der Waals surface area (Å²) in [4.78, 5) is 11.2. The summed E-state index contributed by atoms with van der Waals surface area (Å²) in [5.74, 6) is 8.40. The lowest BCUT2D eigenvalue weighted by Crippen LogP contribution is -2.26. The van der Waals surface area contributed by atoms with E-state index in [2.05, 4.69) is 54.9 Å². The highest BCUT2D eigenvalue weighted by atomic mass is 15.3. The summed E-state index contributed by atoms with van der Waals surface area (Å²) in [6, 6.07) is 1.87. The minimum Gasteiger partial charge on any atom is -0.359 e. The molecule has 0 spiro atoms. The van der Waals surface area contributed by atoms with Gasteiger partial charge in [-0.15, -0.1) is 0 Å². The van der Waals surface area contributed by atoms with Crippen molar-refractivity contribution in [3.63, 3.8) is 0 Å². The Balaban J connectivity index is 3.12. The second-order valence-corrected chi connectivity index (χ2v) is 6.10. The average Bonchev–Trinajstić information content (AvgIpc) is 2.26. The summed E-state index contributed by atoms with van der Waals surface area (Å²) in [6.07, 6.45) is 0. The first-order chi connectivity index (χ1) is 8.24. The van der Waals surface area contributed by atoms with Crippen LogP contribution in [0.2, 0.25) is 0 Å². The Kier molecular flexibility index (Phi) is 4.51. The summed E-state index contributed by atoms with van der Waals surface area (Å²) in [5.41, 5.74) is 2.51. The van der Waals surface area contributed by atoms with Gasteiger partial charge in [0, 0.05) is 25.1 Å². The van der Waals surface area contributed by atoms with Gasteiger partial charge in [0.2, 0.25) is 0 Å². The van der Waals surface area contributed by atoms with Crippen LogP contribution in [0, 0.1) is 5.92 Å². The zero-order valence-electron chi connectivity index (χ0n) is 12.3. The first kappa shape index (κ1) is 14.7. The number of nitrogens with zero attached hydrogens (tertiary/aromatic N) is 3. The number of aromatic nitrogens is 2. The Morgan fingerprint density at radius 2 is 1.94 bits per heavy atom. The maximum Gasteiger partial charge on any atom is 0.145 e. The summed E-state index contributed by atoms with van der Waals surface area (Å²) >= 11 is 0. The summed E-state index contributed by atoms with van der Waals surface area (Å²) in [6.45, 7) is 11.6. The molecule has 1 heterocycles. The van der Waals surface area contributed by atoms with Crippen molar-refractivity contribution in [2.24, 2.45) is 11.8 Å². The molecular weight excluding hydrogens is 226 g/mol. The maximum absolute atomic E-state index is 5.47. The lowest BCUT2D eigenvalue weighted by atomic mass is 9.96. The largest absolute Gasteiger partial charge is 0.359 e. The predicted octanol–water partition coefficient (Wildman–Crippen LogP) is 2.15. The fourth-order valence-corrected chi connectivity index (χ4v) is 1.68. The summed E-state index contributed by atoms with van der Waals surface area (Å²) in [7, 11) is 2.04. The van der Waals surface area contributed by atoms with Gasteiger partial charge < -0.3 is 10.3 Å². The van der Waals surface area contributed by atoms with Crippen molar-refractivity contribution in [1.82, 2.24) is 9.97 Å². The van der Waals surface area contributed by atoms with Crippen LogP contribution in [0.1, 0.15) is 40.4 Å². The van der Waals surface area contributed by atoms with Crippen molar-refractivity contribution in [3.05, 3.63) is 11.9 Å². The zero-order valence-corrected chi connectivity index (χ0v) is 12.3. The van der Waals surface area contributed by atoms with Crippen LogP contribution in [-0.2, 0) is 5.41 Å². The third kappa shape index (κ3) is 3.84. The topological polar surface area (TPSA) is 67.1 Å². The molecule has 0 atom stereocenters. The monoisotopic (exact) mass is 251 g/mol. The van der Waals surface area contributed by atoms with E-state index in [0.717, 1.165) is 18.2 Å². The van der Waals surface area contributed by atoms with Crippen molar-refractivity contribution < 1.29 is 0 Å². The number of nitrogens with one attached hydrogen (secondary N) is 1. The van der Waals surface area contributed by atoms with Crippen LogP contribution in [0.25, 0.3) is 0 Å². The smallest absolute Gasteiger partial charge is 0.145 e. The number of anilines is 2. The highest BCUT2D eigenvalue weighted by molar-refractivity contribution is 5.49. The van der Waals surface area contributed by atoms with Gasteiger partial charge >= 0.3 is 0 Å². The molecular formula is C13H25N5. The number of hydrogen-bond acceptors (Lipinski definition) is 5. The standard InChI is InChI=1S/C13H25N5/c1-9(2)8-18(6)11-7-10(17-14)15-12(16-11)13(3,4)5/h7,9H,8,14H2,1-6H3,(H,15,16,17). The van der Waals surface area contributed by atoms with Gasteiger partial charge in [0.05, 0.1) is 0 Å². The zero-order chi connectivity index (χ0) is 13.9. The van der Waals surface area contributed by atoms with E-state index in [9.17, 15) is 0 Å². The van der Waals surface area contributed by atoms with E-state index in [1.165, 1.54) is 0 Å². The molecule has 1 aromatic rings. The van der Waals surface area contributed by atoms with Gasteiger partial charge in [0.25, 0.3) is 0 Å². The van der Waals surface area contributed by atoms with Crippen LogP contribution in [0.5, 0.6) is 0 Å². The molecule has 1 rings (SSSR count). The molecule has 3 N–H and O–H groups in total. The molecule has 0 bridgehead atoms. The first-order valence-corrected chi connectivity index (χ1v) is 6.31. The number of hydrazine groups is 1. The van der Waals surface area contributed by atoms with E-state index in [4.69, 9.17) is 5.84 Å². The molecule has 18 heavy (non-hydrogen) atoms. The molecule has 0 amide bonds. The van der Waals surface area contributed by atoms with Gasteiger partial charge in [-0.05, 0) is 5.92 Å². The fourth-order valence-electron chi connectivity index (χ4n) is 1.68. The first-order valence-electron chi connectivity index (χ1n) is 6.31. The number of hydrogen-bond donors (Lipinski definition) is 2. The predicted molar refractivity (Wildman–Crippen MR) is 76.7 cm³/mol. The third-order valence-electron chi connectivity index (χ3n) is 2.56. The molecule has 0 aliphatic rings. The molecule has 5 nitrogen and oxygen atoms in total. The molecule has 0 aliphatic carbocycles. The molecule has 0 fully saturated rings. The van der Waals surface area contributed by atoms with Crippen LogP contribution >= 0.6 is 0 Å². The molecule has 102 valence electrons. The van der Waals surface area contributed by atoms with Crippen molar-refractivity contribution in [1.29, 1.82) is 0 Å². The van der Waals surface area contributed by atoms with E-state index in [1.54, 1.807) is 0 Å². The normalized spacial score (nSPS) is 11.8. The number of nitrogens with two attached hydrogens (primary N) is 1. The second-order valence-electron chi connectivity index (χ2n) is 6.10. The van der Waals surface area contributed by atoms with E-state index in [-0.39, 0.29) is 5.41 Å². The van der Waals surface area contributed by atoms with E-state index in [1.807, 2.05) is 13.1 Å². The lowest BCUT2D eigenvalue weighted by molar-refractivity contribution is 0.543. The number of rotatable bonds is 4. The summed E-state index contributed by atoms with van der Waals surface area (Å²) < 4.78 is 0. The van der Waals surface area contributed by atoms with Crippen LogP contribution in [0.4, 0.5) is 11.6 Å². The Morgan fingerprint density at radius 1 is 1.33 bits per heavy atom. The molecule has 1 aromatic heterocycles. The maximum atomic E-state index is 5.47. The molecule has 0 aromatic carbocycles. The van der Waals surface area contributed by atoms with E-state index < -0.39 is 0 Å². The third-order valence-corrected chi connectivity index (χ3v) is 2.56. The van der Waals surface area contributed by atoms with Crippen LogP contribution in [-0.4, -0.2) is 23.6 Å². The Labute approximate surface area is 110 Å². The lowest BCUT2D eigenvalue weighted by Gasteiger charge is -2.24. The van der Waals surface area contributed by atoms with Crippen molar-refractivity contribution in [2.45, 2.75) is 40.0 Å². The van der Waals surface area contributed by atoms with Gasteiger partial charge in [0.15, 0.2) is 0 Å². The highest BCUT2D eigenvalue weighted by Crippen LogP contribution is 2.23. The van der Waals surface area contributed by atoms with Gasteiger partial charge in [-0.3, -0.25) is 0 Å². The molecule has 0 radical (unpaired) electrons. The van der Waals surface area contributed by atoms with Gasteiger partial charge in [-0.1, -0.05) is 34.6 Å². The Morgan fingerprint density at radius 3 is 2.39 bits per heavy atom. The molecule has 0 aliphatic heterocycles. The van der Waals surface area contributed by atoms with Crippen LogP contribution in [0.15, 0.2) is 6.07 Å². The SMILES string of the molecule is CC(C)CN(C)c1cc(NN)nc(C(C)(C)C)n1. The summed E-state index contributed by atoms with van der Waals surface area (Å²) in [5, 5.41) is 0. The molecule has 0 saturated carbocycles. The van der Waals surface area contributed by atoms with Gasteiger partial charge in [-0.25, -0.2) is 15.8 Å². The van der Waals surface area contributed by atoms with Gasteiger partial charge in [0.1, 0.15) is 17.5 Å².